The number of hydrogen-bond donors (Lipinski definition) is 0. The molecule has 140 valence electrons. The van der Waals surface area contributed by atoms with Crippen molar-refractivity contribution in [3.8, 4) is 0 Å². The summed E-state index contributed by atoms with van der Waals surface area (Å²) < 4.78 is 33.4. The molecule has 1 fully saturated rings. The molecular formula is C16H30NO6P. The minimum atomic E-state index is -3.15. The van der Waals surface area contributed by atoms with E-state index in [1.165, 1.54) is 14.2 Å². The third-order valence-corrected chi connectivity index (χ3v) is 5.58. The molecule has 0 spiro atoms. The summed E-state index contributed by atoms with van der Waals surface area (Å²) >= 11 is 0. The predicted molar refractivity (Wildman–Crippen MR) is 92.1 cm³/mol. The maximum Gasteiger partial charge on any atom is 0.413 e. The second-order valence-corrected chi connectivity index (χ2v) is 9.59. The Bertz CT molecular complexity index is 529. The summed E-state index contributed by atoms with van der Waals surface area (Å²) in [5, 5.41) is 0. The molecule has 0 N–H and O–H groups in total. The minimum absolute atomic E-state index is 0.152. The molecule has 0 aliphatic carbocycles. The van der Waals surface area contributed by atoms with Crippen LogP contribution >= 0.6 is 7.60 Å². The number of ether oxygens (including phenoxy) is 2. The average molecular weight is 363 g/mol. The maximum atomic E-state index is 12.6. The van der Waals surface area contributed by atoms with E-state index in [4.69, 9.17) is 18.5 Å². The summed E-state index contributed by atoms with van der Waals surface area (Å²) in [7, 11) is -0.440. The Kier molecular flexibility index (Phi) is 6.67. The van der Waals surface area contributed by atoms with Gasteiger partial charge in [0.1, 0.15) is 11.3 Å². The molecule has 1 amide bonds. The molecule has 0 saturated carbocycles. The first-order chi connectivity index (χ1) is 10.8. The first-order valence-electron chi connectivity index (χ1n) is 7.87. The molecule has 1 atom stereocenters. The van der Waals surface area contributed by atoms with Crippen molar-refractivity contribution in [2.75, 3.05) is 27.0 Å². The van der Waals surface area contributed by atoms with Gasteiger partial charge in [-0.3, -0.25) is 9.46 Å². The van der Waals surface area contributed by atoms with Crippen molar-refractivity contribution in [2.24, 2.45) is 0 Å². The lowest BCUT2D eigenvalue weighted by Crippen LogP contribution is -2.49. The highest BCUT2D eigenvalue weighted by atomic mass is 31.2. The normalized spacial score (nSPS) is 21.9. The van der Waals surface area contributed by atoms with E-state index in [0.717, 1.165) is 5.57 Å². The second kappa shape index (κ2) is 7.56. The van der Waals surface area contributed by atoms with Crippen molar-refractivity contribution >= 4 is 13.7 Å². The molecule has 0 bridgehead atoms. The zero-order valence-corrected chi connectivity index (χ0v) is 16.8. The largest absolute Gasteiger partial charge is 0.444 e. The van der Waals surface area contributed by atoms with Crippen molar-refractivity contribution in [3.05, 3.63) is 11.6 Å². The summed E-state index contributed by atoms with van der Waals surface area (Å²) in [6, 6.07) is -0.308. The fourth-order valence-corrected chi connectivity index (χ4v) is 3.64. The number of rotatable bonds is 5. The van der Waals surface area contributed by atoms with Crippen LogP contribution in [0, 0.1) is 0 Å². The van der Waals surface area contributed by atoms with Crippen molar-refractivity contribution in [1.29, 1.82) is 0 Å². The number of carbonyl (C=O) groups excluding carboxylic acids is 1. The van der Waals surface area contributed by atoms with Crippen LogP contribution in [-0.2, 0) is 23.1 Å². The summed E-state index contributed by atoms with van der Waals surface area (Å²) in [5.41, 5.74) is -0.585. The van der Waals surface area contributed by atoms with Crippen LogP contribution in [0.3, 0.4) is 0 Å². The SMILES string of the molecule is COP(=O)(CC(C)=C[C@@H]1COC(C)(C)N1C(=O)OC(C)(C)C)OC. The van der Waals surface area contributed by atoms with Crippen molar-refractivity contribution < 1.29 is 27.9 Å². The standard InChI is InChI=1S/C16H30NO6P/c1-12(11-24(19,20-7)21-8)9-13-10-22-16(5,6)17(13)14(18)23-15(2,3)4/h9,13H,10-11H2,1-8H3/t13-/m1/s1. The first kappa shape index (κ1) is 21.2. The molecule has 1 saturated heterocycles. The van der Waals surface area contributed by atoms with E-state index in [2.05, 4.69) is 0 Å². The van der Waals surface area contributed by atoms with E-state index in [9.17, 15) is 9.36 Å². The number of nitrogens with zero attached hydrogens (tertiary/aromatic N) is 1. The van der Waals surface area contributed by atoms with Gasteiger partial charge in [-0.2, -0.15) is 0 Å². The Balaban J connectivity index is 2.98. The monoisotopic (exact) mass is 363 g/mol. The van der Waals surface area contributed by atoms with E-state index in [-0.39, 0.29) is 12.2 Å². The zero-order valence-electron chi connectivity index (χ0n) is 15.9. The number of carbonyl (C=O) groups is 1. The predicted octanol–water partition coefficient (Wildman–Crippen LogP) is 3.79. The first-order valence-corrected chi connectivity index (χ1v) is 9.60. The van der Waals surface area contributed by atoms with Gasteiger partial charge in [0, 0.05) is 14.2 Å². The Labute approximate surface area is 144 Å². The Morgan fingerprint density at radius 3 is 2.33 bits per heavy atom. The number of amides is 1. The van der Waals surface area contributed by atoms with Gasteiger partial charge in [0.15, 0.2) is 0 Å². The smallest absolute Gasteiger partial charge is 0.413 e. The summed E-state index contributed by atoms with van der Waals surface area (Å²) in [6.45, 7) is 11.2. The van der Waals surface area contributed by atoms with Gasteiger partial charge in [-0.15, -0.1) is 0 Å². The molecule has 1 rings (SSSR count). The van der Waals surface area contributed by atoms with E-state index >= 15 is 0 Å². The van der Waals surface area contributed by atoms with Gasteiger partial charge in [-0.1, -0.05) is 11.6 Å². The Morgan fingerprint density at radius 2 is 1.88 bits per heavy atom. The third-order valence-electron chi connectivity index (χ3n) is 3.59. The molecule has 0 aromatic heterocycles. The molecule has 0 aromatic rings. The van der Waals surface area contributed by atoms with Gasteiger partial charge in [-0.25, -0.2) is 4.79 Å². The number of allylic oxidation sites excluding steroid dienone is 1. The second-order valence-electron chi connectivity index (χ2n) is 7.32. The van der Waals surface area contributed by atoms with E-state index in [1.54, 1.807) is 4.90 Å². The molecule has 1 aliphatic heterocycles. The highest BCUT2D eigenvalue weighted by molar-refractivity contribution is 7.54. The fraction of sp³-hybridized carbons (Fsp3) is 0.812. The van der Waals surface area contributed by atoms with Gasteiger partial charge < -0.3 is 18.5 Å². The third kappa shape index (κ3) is 5.59. The molecule has 24 heavy (non-hydrogen) atoms. The Hall–Kier alpha value is -0.880. The quantitative estimate of drug-likeness (QED) is 0.546. The summed E-state index contributed by atoms with van der Waals surface area (Å²) in [6.07, 6.45) is 1.56. The van der Waals surface area contributed by atoms with Crippen LogP contribution in [-0.4, -0.2) is 55.3 Å². The lowest BCUT2D eigenvalue weighted by Gasteiger charge is -2.34. The summed E-state index contributed by atoms with van der Waals surface area (Å²) in [4.78, 5) is 14.1. The molecule has 1 aliphatic rings. The van der Waals surface area contributed by atoms with Gasteiger partial charge in [0.25, 0.3) is 0 Å². The highest BCUT2D eigenvalue weighted by Crippen LogP contribution is 2.48. The van der Waals surface area contributed by atoms with Crippen LogP contribution in [0.4, 0.5) is 4.79 Å². The van der Waals surface area contributed by atoms with Crippen LogP contribution < -0.4 is 0 Å². The Morgan fingerprint density at radius 1 is 1.33 bits per heavy atom. The van der Waals surface area contributed by atoms with Gasteiger partial charge in [-0.05, 0) is 41.5 Å². The molecule has 1 heterocycles. The molecule has 8 heteroatoms. The van der Waals surface area contributed by atoms with E-state index in [1.807, 2.05) is 47.6 Å². The fourth-order valence-electron chi connectivity index (χ4n) is 2.51. The lowest BCUT2D eigenvalue weighted by atomic mass is 10.1. The maximum absolute atomic E-state index is 12.6. The van der Waals surface area contributed by atoms with Gasteiger partial charge in [0.2, 0.25) is 0 Å². The van der Waals surface area contributed by atoms with Gasteiger partial charge >= 0.3 is 13.7 Å². The highest BCUT2D eigenvalue weighted by Gasteiger charge is 2.45. The van der Waals surface area contributed by atoms with E-state index < -0.39 is 25.0 Å². The van der Waals surface area contributed by atoms with Crippen LogP contribution in [0.5, 0.6) is 0 Å². The van der Waals surface area contributed by atoms with Crippen molar-refractivity contribution in [2.45, 2.75) is 58.9 Å². The van der Waals surface area contributed by atoms with Crippen LogP contribution in [0.25, 0.3) is 0 Å². The number of hydrogen-bond acceptors (Lipinski definition) is 6. The molecular weight excluding hydrogens is 333 g/mol. The molecule has 7 nitrogen and oxygen atoms in total. The topological polar surface area (TPSA) is 74.3 Å². The average Bonchev–Trinajstić information content (AvgIpc) is 2.71. The van der Waals surface area contributed by atoms with Crippen molar-refractivity contribution in [1.82, 2.24) is 4.90 Å². The summed E-state index contributed by atoms with van der Waals surface area (Å²) in [5.74, 6) is 0. The van der Waals surface area contributed by atoms with E-state index in [0.29, 0.717) is 6.61 Å². The lowest BCUT2D eigenvalue weighted by molar-refractivity contribution is -0.0610. The molecule has 0 radical (unpaired) electrons. The van der Waals surface area contributed by atoms with Gasteiger partial charge in [0.05, 0.1) is 18.8 Å². The zero-order chi connectivity index (χ0) is 18.8. The van der Waals surface area contributed by atoms with Crippen LogP contribution in [0.1, 0.15) is 41.5 Å². The minimum Gasteiger partial charge on any atom is -0.444 e. The van der Waals surface area contributed by atoms with Crippen LogP contribution in [0.2, 0.25) is 0 Å². The van der Waals surface area contributed by atoms with Crippen molar-refractivity contribution in [3.63, 3.8) is 0 Å². The molecule has 0 aromatic carbocycles. The molecule has 0 unspecified atom stereocenters. The van der Waals surface area contributed by atoms with Crippen LogP contribution in [0.15, 0.2) is 11.6 Å².